The number of carbonyl (C=O) groups is 1. The third-order valence-electron chi connectivity index (χ3n) is 3.78. The van der Waals surface area contributed by atoms with Crippen LogP contribution in [0.3, 0.4) is 0 Å². The van der Waals surface area contributed by atoms with Gasteiger partial charge in [-0.25, -0.2) is 0 Å². The lowest BCUT2D eigenvalue weighted by Gasteiger charge is -2.22. The first-order valence-electron chi connectivity index (χ1n) is 7.54. The number of rotatable bonds is 3. The number of benzene rings is 2. The van der Waals surface area contributed by atoms with Crippen LogP contribution in [0.1, 0.15) is 18.1 Å². The highest BCUT2D eigenvalue weighted by atomic mass is 35.5. The van der Waals surface area contributed by atoms with Crippen LogP contribution in [0.4, 0.5) is 5.69 Å². The summed E-state index contributed by atoms with van der Waals surface area (Å²) < 4.78 is 11.3. The molecule has 0 bridgehead atoms. The van der Waals surface area contributed by atoms with Crippen molar-refractivity contribution in [1.29, 1.82) is 0 Å². The molecule has 3 rings (SSSR count). The van der Waals surface area contributed by atoms with Gasteiger partial charge >= 0.3 is 0 Å². The summed E-state index contributed by atoms with van der Waals surface area (Å²) in [7, 11) is 0. The molecule has 1 aliphatic rings. The van der Waals surface area contributed by atoms with Crippen molar-refractivity contribution in [2.75, 3.05) is 18.1 Å². The van der Waals surface area contributed by atoms with Crippen LogP contribution in [0.5, 0.6) is 11.5 Å². The van der Waals surface area contributed by atoms with Crippen LogP contribution in [-0.4, -0.2) is 19.1 Å². The third kappa shape index (κ3) is 3.13. The highest BCUT2D eigenvalue weighted by molar-refractivity contribution is 6.30. The molecule has 0 spiro atoms. The van der Waals surface area contributed by atoms with E-state index in [1.807, 2.05) is 44.2 Å². The summed E-state index contributed by atoms with van der Waals surface area (Å²) in [5, 5.41) is 0.656. The normalized spacial score (nSPS) is 14.0. The van der Waals surface area contributed by atoms with Crippen molar-refractivity contribution >= 4 is 23.2 Å². The van der Waals surface area contributed by atoms with E-state index in [0.29, 0.717) is 29.7 Å². The van der Waals surface area contributed by atoms with E-state index in [2.05, 4.69) is 0 Å². The Morgan fingerprint density at radius 3 is 2.87 bits per heavy atom. The van der Waals surface area contributed by atoms with E-state index in [4.69, 9.17) is 21.1 Å². The van der Waals surface area contributed by atoms with E-state index in [-0.39, 0.29) is 12.5 Å². The van der Waals surface area contributed by atoms with Crippen LogP contribution in [0.25, 0.3) is 0 Å². The quantitative estimate of drug-likeness (QED) is 0.854. The van der Waals surface area contributed by atoms with E-state index in [9.17, 15) is 4.79 Å². The van der Waals surface area contributed by atoms with E-state index < -0.39 is 0 Å². The van der Waals surface area contributed by atoms with Crippen molar-refractivity contribution in [2.24, 2.45) is 0 Å². The van der Waals surface area contributed by atoms with Crippen LogP contribution < -0.4 is 14.4 Å². The molecule has 120 valence electrons. The fourth-order valence-electron chi connectivity index (χ4n) is 2.73. The fraction of sp³-hybridized carbons (Fsp3) is 0.278. The zero-order valence-electron chi connectivity index (χ0n) is 13.1. The Hall–Kier alpha value is -2.20. The topological polar surface area (TPSA) is 38.8 Å². The highest BCUT2D eigenvalue weighted by Crippen LogP contribution is 2.36. The van der Waals surface area contributed by atoms with Crippen molar-refractivity contribution < 1.29 is 14.3 Å². The molecule has 0 atom stereocenters. The van der Waals surface area contributed by atoms with Crippen molar-refractivity contribution in [3.8, 4) is 11.5 Å². The number of para-hydroxylation sites is 1. The van der Waals surface area contributed by atoms with Gasteiger partial charge in [0.05, 0.1) is 13.2 Å². The molecule has 0 aliphatic carbocycles. The average molecular weight is 332 g/mol. The largest absolute Gasteiger partial charge is 0.490 e. The molecule has 1 amide bonds. The predicted octanol–water partition coefficient (Wildman–Crippen LogP) is 3.97. The molecule has 5 heteroatoms. The van der Waals surface area contributed by atoms with Crippen LogP contribution in [0.15, 0.2) is 36.4 Å². The maximum Gasteiger partial charge on any atom is 0.265 e. The van der Waals surface area contributed by atoms with Gasteiger partial charge in [0.25, 0.3) is 5.91 Å². The lowest BCUT2D eigenvalue weighted by molar-refractivity contribution is -0.120. The van der Waals surface area contributed by atoms with Gasteiger partial charge in [-0.1, -0.05) is 23.7 Å². The summed E-state index contributed by atoms with van der Waals surface area (Å²) in [5.74, 6) is 1.23. The number of anilines is 1. The van der Waals surface area contributed by atoms with Crippen LogP contribution in [0, 0.1) is 6.92 Å². The van der Waals surface area contributed by atoms with E-state index >= 15 is 0 Å². The molecule has 0 N–H and O–H groups in total. The second-order valence-electron chi connectivity index (χ2n) is 5.38. The molecule has 1 heterocycles. The first-order valence-corrected chi connectivity index (χ1v) is 7.92. The first-order chi connectivity index (χ1) is 11.1. The molecule has 0 unspecified atom stereocenters. The van der Waals surface area contributed by atoms with Crippen LogP contribution >= 0.6 is 11.6 Å². The molecule has 1 aliphatic heterocycles. The molecule has 23 heavy (non-hydrogen) atoms. The number of fused-ring (bicyclic) bond motifs is 1. The summed E-state index contributed by atoms with van der Waals surface area (Å²) in [5.41, 5.74) is 2.73. The maximum absolute atomic E-state index is 12.5. The van der Waals surface area contributed by atoms with Gasteiger partial charge < -0.3 is 14.4 Å². The summed E-state index contributed by atoms with van der Waals surface area (Å²) >= 11 is 6.02. The van der Waals surface area contributed by atoms with Gasteiger partial charge in [0.2, 0.25) is 0 Å². The number of halogens is 1. The maximum atomic E-state index is 12.5. The zero-order valence-corrected chi connectivity index (χ0v) is 13.9. The van der Waals surface area contributed by atoms with Crippen molar-refractivity contribution in [3.63, 3.8) is 0 Å². The average Bonchev–Trinajstić information content (AvgIpc) is 2.68. The van der Waals surface area contributed by atoms with Gasteiger partial charge in [0.1, 0.15) is 0 Å². The Labute approximate surface area is 140 Å². The number of amides is 1. The molecule has 4 nitrogen and oxygen atoms in total. The summed E-state index contributed by atoms with van der Waals surface area (Å²) in [6, 6.07) is 11.2. The summed E-state index contributed by atoms with van der Waals surface area (Å²) in [6.45, 7) is 4.84. The third-order valence-corrected chi connectivity index (χ3v) is 4.01. The molecule has 2 aromatic carbocycles. The summed E-state index contributed by atoms with van der Waals surface area (Å²) in [6.07, 6.45) is 0. The first kappa shape index (κ1) is 15.7. The van der Waals surface area contributed by atoms with Gasteiger partial charge in [-0.05, 0) is 43.7 Å². The second-order valence-corrected chi connectivity index (χ2v) is 5.81. The Morgan fingerprint density at radius 1 is 1.30 bits per heavy atom. The molecule has 0 radical (unpaired) electrons. The Balaban J connectivity index is 2.00. The number of ether oxygens (including phenoxy) is 2. The number of aryl methyl sites for hydroxylation is 1. The molecule has 0 fully saturated rings. The predicted molar refractivity (Wildman–Crippen MR) is 90.5 cm³/mol. The van der Waals surface area contributed by atoms with Gasteiger partial charge in [-0.3, -0.25) is 4.79 Å². The smallest absolute Gasteiger partial charge is 0.265 e. The summed E-state index contributed by atoms with van der Waals surface area (Å²) in [4.78, 5) is 14.2. The molecular weight excluding hydrogens is 314 g/mol. The van der Waals surface area contributed by atoms with Gasteiger partial charge in [-0.2, -0.15) is 0 Å². The lowest BCUT2D eigenvalue weighted by Crippen LogP contribution is -2.32. The van der Waals surface area contributed by atoms with Gasteiger partial charge in [0.15, 0.2) is 18.1 Å². The van der Waals surface area contributed by atoms with Crippen LogP contribution in [0.2, 0.25) is 5.02 Å². The minimum absolute atomic E-state index is 0.0147. The number of carbonyl (C=O) groups excluding carboxylic acids is 1. The number of hydrogen-bond donors (Lipinski definition) is 0. The Bertz CT molecular complexity index is 745. The highest BCUT2D eigenvalue weighted by Gasteiger charge is 2.25. The minimum atomic E-state index is -0.0888. The van der Waals surface area contributed by atoms with E-state index in [0.717, 1.165) is 16.8 Å². The van der Waals surface area contributed by atoms with Crippen molar-refractivity contribution in [3.05, 3.63) is 52.5 Å². The molecule has 0 saturated heterocycles. The standard InChI is InChI=1S/C18H18ClNO3/c1-3-22-16-6-4-5-13-10-20(17(21)11-23-18(13)16)15-8-7-14(19)9-12(15)2/h4-9H,3,10-11H2,1-2H3. The molecule has 0 aromatic heterocycles. The molecule has 0 saturated carbocycles. The molecular formula is C18H18ClNO3. The van der Waals surface area contributed by atoms with Crippen LogP contribution in [-0.2, 0) is 11.3 Å². The number of nitrogens with zero attached hydrogens (tertiary/aromatic N) is 1. The SMILES string of the molecule is CCOc1cccc2c1OCC(=O)N(c1ccc(Cl)cc1C)C2. The monoisotopic (exact) mass is 331 g/mol. The van der Waals surface area contributed by atoms with Crippen molar-refractivity contribution in [2.45, 2.75) is 20.4 Å². The minimum Gasteiger partial charge on any atom is -0.490 e. The number of hydrogen-bond acceptors (Lipinski definition) is 3. The second kappa shape index (κ2) is 6.50. The van der Waals surface area contributed by atoms with E-state index in [1.54, 1.807) is 11.0 Å². The molecule has 2 aromatic rings. The Kier molecular flexibility index (Phi) is 4.44. The fourth-order valence-corrected chi connectivity index (χ4v) is 2.96. The van der Waals surface area contributed by atoms with Crippen molar-refractivity contribution in [1.82, 2.24) is 0 Å². The Morgan fingerprint density at radius 2 is 2.13 bits per heavy atom. The van der Waals surface area contributed by atoms with E-state index in [1.165, 1.54) is 0 Å². The van der Waals surface area contributed by atoms with Gasteiger partial charge in [-0.15, -0.1) is 0 Å². The zero-order chi connectivity index (χ0) is 16.4. The lowest BCUT2D eigenvalue weighted by atomic mass is 10.1. The van der Waals surface area contributed by atoms with Gasteiger partial charge in [0, 0.05) is 16.3 Å².